The first-order chi connectivity index (χ1) is 17.7. The van der Waals surface area contributed by atoms with E-state index >= 15 is 0 Å². The molecule has 0 fully saturated rings. The van der Waals surface area contributed by atoms with Gasteiger partial charge in [0, 0.05) is 19.0 Å². The Labute approximate surface area is 217 Å². The Morgan fingerprint density at radius 2 is 1.97 bits per heavy atom. The van der Waals surface area contributed by atoms with Crippen LogP contribution in [0.2, 0.25) is 0 Å². The van der Waals surface area contributed by atoms with Crippen LogP contribution in [-0.4, -0.2) is 58.1 Å². The molecule has 3 heterocycles. The molecule has 2 N–H and O–H groups in total. The summed E-state index contributed by atoms with van der Waals surface area (Å²) in [5.41, 5.74) is 1.14. The highest BCUT2D eigenvalue weighted by Gasteiger charge is 2.33. The number of ether oxygens (including phenoxy) is 1. The lowest BCUT2D eigenvalue weighted by atomic mass is 9.94. The molecule has 0 spiro atoms. The molecule has 0 aliphatic carbocycles. The lowest BCUT2D eigenvalue weighted by molar-refractivity contribution is -0.149. The van der Waals surface area contributed by atoms with Crippen LogP contribution in [0.4, 0.5) is 0 Å². The van der Waals surface area contributed by atoms with E-state index < -0.39 is 24.1 Å². The topological polar surface area (TPSA) is 122 Å². The number of carbonyl (C=O) groups is 3. The van der Waals surface area contributed by atoms with Crippen molar-refractivity contribution in [3.63, 3.8) is 0 Å². The number of hydrogen-bond acceptors (Lipinski definition) is 7. The average Bonchev–Trinajstić information content (AvgIpc) is 3.52. The predicted molar refractivity (Wildman–Crippen MR) is 138 cm³/mol. The van der Waals surface area contributed by atoms with Crippen molar-refractivity contribution in [1.82, 2.24) is 15.2 Å². The number of aliphatic hydroxyl groups excluding tert-OH is 1. The van der Waals surface area contributed by atoms with Gasteiger partial charge in [-0.25, -0.2) is 9.78 Å². The van der Waals surface area contributed by atoms with Crippen LogP contribution in [0.5, 0.6) is 0 Å². The zero-order valence-electron chi connectivity index (χ0n) is 21.7. The minimum absolute atomic E-state index is 0.0249. The summed E-state index contributed by atoms with van der Waals surface area (Å²) in [6.45, 7) is 8.31. The van der Waals surface area contributed by atoms with Crippen molar-refractivity contribution in [1.29, 1.82) is 0 Å². The van der Waals surface area contributed by atoms with Gasteiger partial charge < -0.3 is 24.5 Å². The molecule has 2 amide bonds. The molecule has 2 aliphatic heterocycles. The molecule has 0 radical (unpaired) electrons. The molecule has 1 aromatic heterocycles. The van der Waals surface area contributed by atoms with Gasteiger partial charge in [-0.2, -0.15) is 0 Å². The van der Waals surface area contributed by atoms with E-state index in [9.17, 15) is 19.5 Å². The van der Waals surface area contributed by atoms with Gasteiger partial charge >= 0.3 is 5.97 Å². The number of fused-ring (bicyclic) bond motifs is 3. The first kappa shape index (κ1) is 27.9. The van der Waals surface area contributed by atoms with Crippen molar-refractivity contribution in [2.24, 2.45) is 11.8 Å². The predicted octanol–water partition coefficient (Wildman–Crippen LogP) is 3.26. The van der Waals surface area contributed by atoms with Crippen molar-refractivity contribution < 1.29 is 28.6 Å². The van der Waals surface area contributed by atoms with Crippen LogP contribution in [-0.2, 0) is 20.7 Å². The van der Waals surface area contributed by atoms with Crippen LogP contribution in [0.1, 0.15) is 50.5 Å². The summed E-state index contributed by atoms with van der Waals surface area (Å²) in [6.07, 6.45) is 14.1. The fraction of sp³-hybridized carbons (Fsp3) is 0.429. The van der Waals surface area contributed by atoms with Crippen LogP contribution in [0.3, 0.4) is 0 Å². The molecule has 198 valence electrons. The Morgan fingerprint density at radius 1 is 1.19 bits per heavy atom. The maximum Gasteiger partial charge on any atom is 0.355 e. The van der Waals surface area contributed by atoms with E-state index in [0.29, 0.717) is 19.5 Å². The van der Waals surface area contributed by atoms with E-state index in [0.717, 1.165) is 5.57 Å². The van der Waals surface area contributed by atoms with Crippen LogP contribution in [0.25, 0.3) is 0 Å². The van der Waals surface area contributed by atoms with E-state index in [2.05, 4.69) is 10.3 Å². The lowest BCUT2D eigenvalue weighted by Crippen LogP contribution is -2.36. The highest BCUT2D eigenvalue weighted by atomic mass is 16.5. The third kappa shape index (κ3) is 7.88. The first-order valence-corrected chi connectivity index (χ1v) is 12.5. The second-order valence-corrected chi connectivity index (χ2v) is 9.51. The van der Waals surface area contributed by atoms with Gasteiger partial charge in [-0.3, -0.25) is 9.59 Å². The zero-order valence-corrected chi connectivity index (χ0v) is 21.7. The molecule has 3 atom stereocenters. The summed E-state index contributed by atoms with van der Waals surface area (Å²) in [5, 5.41) is 13.1. The minimum atomic E-state index is -0.866. The number of esters is 1. The summed E-state index contributed by atoms with van der Waals surface area (Å²) < 4.78 is 11.2. The molecular formula is C28H35N3O6. The number of amides is 2. The monoisotopic (exact) mass is 509 g/mol. The first-order valence-electron chi connectivity index (χ1n) is 12.5. The van der Waals surface area contributed by atoms with E-state index in [1.807, 2.05) is 45.9 Å². The Hall–Kier alpha value is -3.72. The van der Waals surface area contributed by atoms with E-state index in [1.54, 1.807) is 24.3 Å². The summed E-state index contributed by atoms with van der Waals surface area (Å²) in [5.74, 6) is -1.39. The van der Waals surface area contributed by atoms with Crippen LogP contribution >= 0.6 is 0 Å². The highest BCUT2D eigenvalue weighted by molar-refractivity contribution is 6.00. The molecule has 3 rings (SSSR count). The van der Waals surface area contributed by atoms with Crippen molar-refractivity contribution in [2.75, 3.05) is 13.1 Å². The fourth-order valence-electron chi connectivity index (χ4n) is 4.09. The number of rotatable bonds is 1. The number of nitrogens with one attached hydrogen (secondary N) is 1. The standard InChI is InChI=1S/C28H35N3O6/c1-18(2)26-20(4)12-13-24(33)29-14-6-9-19(3)8-5-10-21(32)16-25-30-22(17-36-25)27(34)31-15-7-11-23(31)28(35)37-26/h5-6,8-13,17-18,20-21,26,32H,7,14-16H2,1-4H3,(H,29,33)/b9-6+,10-5+,13-12+,19-8+. The molecule has 37 heavy (non-hydrogen) atoms. The number of carbonyl (C=O) groups excluding carboxylic acids is 3. The van der Waals surface area contributed by atoms with Gasteiger partial charge in [0.25, 0.3) is 5.91 Å². The number of oxazole rings is 1. The van der Waals surface area contributed by atoms with E-state index in [-0.39, 0.29) is 41.4 Å². The fourth-order valence-corrected chi connectivity index (χ4v) is 4.09. The largest absolute Gasteiger partial charge is 0.457 e. The lowest BCUT2D eigenvalue weighted by Gasteiger charge is -2.27. The molecule has 9 nitrogen and oxygen atoms in total. The van der Waals surface area contributed by atoms with Gasteiger partial charge in [0.1, 0.15) is 18.1 Å². The summed E-state index contributed by atoms with van der Waals surface area (Å²) in [6, 6.07) is 0. The summed E-state index contributed by atoms with van der Waals surface area (Å²) >= 11 is 0. The second kappa shape index (κ2) is 13.0. The minimum Gasteiger partial charge on any atom is -0.457 e. The number of nitrogens with zero attached hydrogens (tertiary/aromatic N) is 2. The van der Waals surface area contributed by atoms with Crippen LogP contribution < -0.4 is 5.32 Å². The highest BCUT2D eigenvalue weighted by Crippen LogP contribution is 2.24. The molecule has 0 aromatic carbocycles. The van der Waals surface area contributed by atoms with Gasteiger partial charge in [0.05, 0.1) is 12.5 Å². The molecule has 0 saturated heterocycles. The Kier molecular flexibility index (Phi) is 9.79. The van der Waals surface area contributed by atoms with Gasteiger partial charge in [0.2, 0.25) is 5.91 Å². The maximum absolute atomic E-state index is 13.1. The Bertz CT molecular complexity index is 1140. The molecule has 9 heteroatoms. The average molecular weight is 510 g/mol. The summed E-state index contributed by atoms with van der Waals surface area (Å²) in [7, 11) is 0. The number of allylic oxidation sites excluding steroid dienone is 4. The SMILES string of the molecule is CC1=C\C=C\C(O)Cc2nc(co2)C(=O)N2CCC=C2C(=O)OC(C(C)C)C(C)/C=C/C(=O)NC\C=C\1. The van der Waals surface area contributed by atoms with Gasteiger partial charge in [-0.1, -0.05) is 68.9 Å². The molecule has 3 unspecified atom stereocenters. The van der Waals surface area contributed by atoms with E-state index in [4.69, 9.17) is 9.15 Å². The Morgan fingerprint density at radius 3 is 2.73 bits per heavy atom. The number of cyclic esters (lactones) is 1. The quantitative estimate of drug-likeness (QED) is 0.557. The van der Waals surface area contributed by atoms with Gasteiger partial charge in [0.15, 0.2) is 11.6 Å². The third-order valence-corrected chi connectivity index (χ3v) is 6.03. The van der Waals surface area contributed by atoms with Crippen molar-refractivity contribution >= 4 is 17.8 Å². The van der Waals surface area contributed by atoms with E-state index in [1.165, 1.54) is 17.2 Å². The molecule has 0 saturated carbocycles. The zero-order chi connectivity index (χ0) is 26.9. The van der Waals surface area contributed by atoms with Crippen LogP contribution in [0.15, 0.2) is 70.6 Å². The number of aromatic nitrogens is 1. The van der Waals surface area contributed by atoms with Gasteiger partial charge in [-0.15, -0.1) is 0 Å². The van der Waals surface area contributed by atoms with Crippen molar-refractivity contribution in [3.05, 3.63) is 77.7 Å². The second-order valence-electron chi connectivity index (χ2n) is 9.51. The normalized spacial score (nSPS) is 28.4. The molecule has 1 aromatic rings. The molecule has 2 bridgehead atoms. The number of aliphatic hydroxyl groups is 1. The smallest absolute Gasteiger partial charge is 0.355 e. The van der Waals surface area contributed by atoms with Gasteiger partial charge in [-0.05, 0) is 25.3 Å². The Balaban J connectivity index is 1.87. The molecule has 2 aliphatic rings. The molecular weight excluding hydrogens is 474 g/mol. The van der Waals surface area contributed by atoms with Crippen molar-refractivity contribution in [2.45, 2.75) is 52.7 Å². The van der Waals surface area contributed by atoms with Crippen LogP contribution in [0, 0.1) is 11.8 Å². The van der Waals surface area contributed by atoms with Crippen molar-refractivity contribution in [3.8, 4) is 0 Å². The maximum atomic E-state index is 13.1. The summed E-state index contributed by atoms with van der Waals surface area (Å²) in [4.78, 5) is 44.0. The number of hydrogen-bond donors (Lipinski definition) is 2. The third-order valence-electron chi connectivity index (χ3n) is 6.03.